The fourth-order valence-electron chi connectivity index (χ4n) is 2.57. The third-order valence-electron chi connectivity index (χ3n) is 3.91. The number of rotatable bonds is 7. The molecule has 14 heteroatoms. The number of nitrogens with zero attached hydrogens (tertiary/aromatic N) is 4. The number of guanidine groups is 1. The van der Waals surface area contributed by atoms with Crippen molar-refractivity contribution >= 4 is 29.1 Å². The minimum absolute atomic E-state index is 0.0472. The van der Waals surface area contributed by atoms with Gasteiger partial charge in [0, 0.05) is 11.8 Å². The number of nitriles is 1. The standard InChI is InChI=1S/C19H14N8O6/c20-8-9-4-5-12(17(28)29)13(6-9)33-16-14(27(30)31)15(21)25-19(26-16)32-11-3-1-2-10(7-11)24-18(22)23/h1-7H,(H,28,29)(H2,21,25,26)(H4,22,23,24). The van der Waals surface area contributed by atoms with Crippen molar-refractivity contribution in [3.63, 3.8) is 0 Å². The largest absolute Gasteiger partial charge is 0.478 e. The van der Waals surface area contributed by atoms with Crippen LogP contribution in [0.1, 0.15) is 15.9 Å². The molecule has 1 aromatic heterocycles. The monoisotopic (exact) mass is 450 g/mol. The molecular weight excluding hydrogens is 436 g/mol. The quantitative estimate of drug-likeness (QED) is 0.151. The zero-order valence-corrected chi connectivity index (χ0v) is 16.5. The van der Waals surface area contributed by atoms with Crippen molar-refractivity contribution in [2.75, 3.05) is 11.1 Å². The number of nitrogens with one attached hydrogen (secondary N) is 2. The van der Waals surface area contributed by atoms with Gasteiger partial charge in [-0.15, -0.1) is 0 Å². The van der Waals surface area contributed by atoms with Crippen molar-refractivity contribution < 1.29 is 24.3 Å². The van der Waals surface area contributed by atoms with Crippen molar-refractivity contribution in [3.05, 3.63) is 63.7 Å². The molecule has 0 amide bonds. The molecule has 1 heterocycles. The summed E-state index contributed by atoms with van der Waals surface area (Å²) < 4.78 is 10.9. The summed E-state index contributed by atoms with van der Waals surface area (Å²) in [7, 11) is 0. The predicted molar refractivity (Wildman–Crippen MR) is 113 cm³/mol. The maximum atomic E-state index is 11.5. The van der Waals surface area contributed by atoms with Crippen LogP contribution in [0.2, 0.25) is 0 Å². The van der Waals surface area contributed by atoms with Crippen molar-refractivity contribution in [2.24, 2.45) is 5.73 Å². The summed E-state index contributed by atoms with van der Waals surface area (Å²) in [5, 5.41) is 39.8. The summed E-state index contributed by atoms with van der Waals surface area (Å²) in [5.41, 5.74) is 10.2. The molecule has 0 fully saturated rings. The van der Waals surface area contributed by atoms with Crippen LogP contribution in [-0.4, -0.2) is 31.9 Å². The zero-order chi connectivity index (χ0) is 24.1. The first-order valence-electron chi connectivity index (χ1n) is 8.84. The summed E-state index contributed by atoms with van der Waals surface area (Å²) in [6.45, 7) is 0. The molecule has 0 saturated carbocycles. The highest BCUT2D eigenvalue weighted by molar-refractivity contribution is 5.91. The molecule has 33 heavy (non-hydrogen) atoms. The van der Waals surface area contributed by atoms with Crippen LogP contribution in [0.4, 0.5) is 17.2 Å². The fourth-order valence-corrected chi connectivity index (χ4v) is 2.57. The number of carbonyl (C=O) groups is 1. The van der Waals surface area contributed by atoms with Gasteiger partial charge in [-0.1, -0.05) is 6.07 Å². The maximum absolute atomic E-state index is 11.5. The Morgan fingerprint density at radius 1 is 1.24 bits per heavy atom. The van der Waals surface area contributed by atoms with Gasteiger partial charge >= 0.3 is 23.5 Å². The van der Waals surface area contributed by atoms with Crippen LogP contribution in [0.5, 0.6) is 23.4 Å². The average molecular weight is 450 g/mol. The summed E-state index contributed by atoms with van der Waals surface area (Å²) in [4.78, 5) is 29.7. The summed E-state index contributed by atoms with van der Waals surface area (Å²) in [6, 6.07) is 10.9. The van der Waals surface area contributed by atoms with Crippen LogP contribution in [0.3, 0.4) is 0 Å². The Hall–Kier alpha value is -5.45. The second kappa shape index (κ2) is 9.14. The molecule has 3 aromatic rings. The van der Waals surface area contributed by atoms with E-state index in [1.165, 1.54) is 18.2 Å². The van der Waals surface area contributed by atoms with E-state index in [4.69, 9.17) is 31.6 Å². The number of aromatic nitrogens is 2. The molecule has 7 N–H and O–H groups in total. The SMILES string of the molecule is N#Cc1ccc(C(=O)O)c(Oc2nc(Oc3cccc(NC(=N)N)c3)nc(N)c2[N+](=O)[O-])c1. The van der Waals surface area contributed by atoms with Crippen LogP contribution in [-0.2, 0) is 0 Å². The molecule has 166 valence electrons. The van der Waals surface area contributed by atoms with Crippen molar-refractivity contribution in [1.29, 1.82) is 10.7 Å². The molecule has 0 aliphatic carbocycles. The van der Waals surface area contributed by atoms with E-state index >= 15 is 0 Å². The first-order valence-corrected chi connectivity index (χ1v) is 8.84. The van der Waals surface area contributed by atoms with Gasteiger partial charge in [0.2, 0.25) is 5.82 Å². The molecule has 0 saturated heterocycles. The van der Waals surface area contributed by atoms with Gasteiger partial charge in [0.15, 0.2) is 5.96 Å². The second-order valence-corrected chi connectivity index (χ2v) is 6.20. The number of nitro groups is 1. The molecule has 0 unspecified atom stereocenters. The highest BCUT2D eigenvalue weighted by Crippen LogP contribution is 2.37. The van der Waals surface area contributed by atoms with E-state index < -0.39 is 34.3 Å². The van der Waals surface area contributed by atoms with Crippen molar-refractivity contribution in [1.82, 2.24) is 9.97 Å². The lowest BCUT2D eigenvalue weighted by atomic mass is 10.1. The molecule has 3 rings (SSSR count). The van der Waals surface area contributed by atoms with Crippen LogP contribution >= 0.6 is 0 Å². The van der Waals surface area contributed by atoms with Crippen LogP contribution in [0, 0.1) is 26.9 Å². The third kappa shape index (κ3) is 5.19. The molecule has 0 aliphatic rings. The highest BCUT2D eigenvalue weighted by atomic mass is 16.6. The van der Waals surface area contributed by atoms with E-state index in [1.807, 2.05) is 6.07 Å². The lowest BCUT2D eigenvalue weighted by molar-refractivity contribution is -0.385. The average Bonchev–Trinajstić information content (AvgIpc) is 2.72. The minimum Gasteiger partial charge on any atom is -0.478 e. The number of aromatic carboxylic acids is 1. The number of ether oxygens (including phenoxy) is 2. The lowest BCUT2D eigenvalue weighted by Gasteiger charge is -2.11. The van der Waals surface area contributed by atoms with E-state index in [-0.39, 0.29) is 28.6 Å². The predicted octanol–water partition coefficient (Wildman–Crippen LogP) is 2.43. The number of anilines is 2. The third-order valence-corrected chi connectivity index (χ3v) is 3.91. The second-order valence-electron chi connectivity index (χ2n) is 6.20. The first-order chi connectivity index (χ1) is 15.7. The number of nitrogen functional groups attached to an aromatic ring is 1. The van der Waals surface area contributed by atoms with Gasteiger partial charge in [0.05, 0.1) is 16.6 Å². The minimum atomic E-state index is -1.40. The summed E-state index contributed by atoms with van der Waals surface area (Å²) >= 11 is 0. The lowest BCUT2D eigenvalue weighted by Crippen LogP contribution is -2.20. The van der Waals surface area contributed by atoms with Gasteiger partial charge in [-0.05, 0) is 30.3 Å². The van der Waals surface area contributed by atoms with Gasteiger partial charge in [0.1, 0.15) is 17.1 Å². The topological polar surface area (TPSA) is 236 Å². The van der Waals surface area contributed by atoms with Gasteiger partial charge in [-0.25, -0.2) is 4.79 Å². The number of carboxylic acid groups (broad SMARTS) is 1. The number of carboxylic acids is 1. The number of nitrogens with two attached hydrogens (primary N) is 2. The Kier molecular flexibility index (Phi) is 6.16. The van der Waals surface area contributed by atoms with Crippen LogP contribution in [0.25, 0.3) is 0 Å². The molecule has 0 radical (unpaired) electrons. The van der Waals surface area contributed by atoms with Gasteiger partial charge in [0.25, 0.3) is 0 Å². The molecule has 0 atom stereocenters. The van der Waals surface area contributed by atoms with E-state index in [1.54, 1.807) is 12.1 Å². The Bertz CT molecular complexity index is 1320. The molecule has 2 aromatic carbocycles. The molecule has 14 nitrogen and oxygen atoms in total. The Morgan fingerprint density at radius 2 is 2.00 bits per heavy atom. The smallest absolute Gasteiger partial charge is 0.373 e. The Morgan fingerprint density at radius 3 is 2.64 bits per heavy atom. The molecule has 0 aliphatic heterocycles. The molecular formula is C19H14N8O6. The Labute approximate surface area is 184 Å². The van der Waals surface area contributed by atoms with E-state index in [9.17, 15) is 20.0 Å². The van der Waals surface area contributed by atoms with E-state index in [0.29, 0.717) is 5.69 Å². The normalized spacial score (nSPS) is 10.0. The number of benzene rings is 2. The fraction of sp³-hybridized carbons (Fsp3) is 0. The summed E-state index contributed by atoms with van der Waals surface area (Å²) in [5.74, 6) is -3.22. The van der Waals surface area contributed by atoms with Gasteiger partial charge in [-0.3, -0.25) is 15.5 Å². The van der Waals surface area contributed by atoms with E-state index in [0.717, 1.165) is 12.1 Å². The van der Waals surface area contributed by atoms with E-state index in [2.05, 4.69) is 15.3 Å². The first kappa shape index (κ1) is 22.2. The van der Waals surface area contributed by atoms with Crippen molar-refractivity contribution in [3.8, 4) is 29.5 Å². The number of hydrogen-bond donors (Lipinski definition) is 5. The zero-order valence-electron chi connectivity index (χ0n) is 16.5. The van der Waals surface area contributed by atoms with Gasteiger partial charge in [-0.2, -0.15) is 15.2 Å². The van der Waals surface area contributed by atoms with Crippen LogP contribution in [0.15, 0.2) is 42.5 Å². The van der Waals surface area contributed by atoms with Gasteiger partial charge < -0.3 is 31.4 Å². The summed E-state index contributed by atoms with van der Waals surface area (Å²) in [6.07, 6.45) is 0. The Balaban J connectivity index is 2.04. The highest BCUT2D eigenvalue weighted by Gasteiger charge is 2.27. The van der Waals surface area contributed by atoms with Crippen molar-refractivity contribution in [2.45, 2.75) is 0 Å². The maximum Gasteiger partial charge on any atom is 0.373 e. The number of hydrogen-bond acceptors (Lipinski definition) is 10. The molecule has 0 spiro atoms. The van der Waals surface area contributed by atoms with Crippen LogP contribution < -0.4 is 26.3 Å². The molecule has 0 bridgehead atoms.